The average molecular weight is 376 g/mol. The minimum atomic E-state index is -0.261. The molecule has 3 heterocycles. The molecule has 8 heteroatoms. The van der Waals surface area contributed by atoms with Crippen molar-refractivity contribution in [2.75, 3.05) is 12.8 Å². The summed E-state index contributed by atoms with van der Waals surface area (Å²) in [6.45, 7) is 1.94. The lowest BCUT2D eigenvalue weighted by Crippen LogP contribution is -2.37. The van der Waals surface area contributed by atoms with Crippen LogP contribution in [-0.4, -0.2) is 33.0 Å². The summed E-state index contributed by atoms with van der Waals surface area (Å²) in [7, 11) is 1.55. The standard InChI is InChI=1S/C20H20N6O2/c1-3-13-18-15(26-20(21)25-13)8-14(24-19(18)27)11-6-4-5-7-12(11)16-9-22-10-17(23-16)28-2/h4-7,9-10,14H,3,8H2,1-2H3,(H,24,27)(H2,21,25,26)/t14-/m1/s1. The number of nitrogens with one attached hydrogen (secondary N) is 1. The average Bonchev–Trinajstić information content (AvgIpc) is 2.72. The molecule has 8 nitrogen and oxygen atoms in total. The largest absolute Gasteiger partial charge is 0.480 e. The van der Waals surface area contributed by atoms with Crippen molar-refractivity contribution in [3.63, 3.8) is 0 Å². The number of ether oxygens (including phenoxy) is 1. The lowest BCUT2D eigenvalue weighted by atomic mass is 9.90. The van der Waals surface area contributed by atoms with Gasteiger partial charge in [0.2, 0.25) is 11.8 Å². The summed E-state index contributed by atoms with van der Waals surface area (Å²) in [4.78, 5) is 30.0. The molecular formula is C20H20N6O2. The molecule has 0 radical (unpaired) electrons. The van der Waals surface area contributed by atoms with Crippen LogP contribution in [0.25, 0.3) is 11.3 Å². The second-order valence-electron chi connectivity index (χ2n) is 6.47. The maximum absolute atomic E-state index is 12.8. The smallest absolute Gasteiger partial charge is 0.255 e. The van der Waals surface area contributed by atoms with Crippen LogP contribution in [0, 0.1) is 0 Å². The SMILES string of the molecule is CCc1nc(N)nc2c1C(=O)N[C@@H](c1ccccc1-c1cncc(OC)n1)C2. The van der Waals surface area contributed by atoms with Gasteiger partial charge < -0.3 is 15.8 Å². The van der Waals surface area contributed by atoms with Crippen LogP contribution in [0.2, 0.25) is 0 Å². The number of methoxy groups -OCH3 is 1. The third-order valence-electron chi connectivity index (χ3n) is 4.77. The number of anilines is 1. The molecule has 1 aliphatic heterocycles. The Hall–Kier alpha value is -3.55. The Kier molecular flexibility index (Phi) is 4.60. The molecule has 1 amide bonds. The van der Waals surface area contributed by atoms with Crippen molar-refractivity contribution in [2.45, 2.75) is 25.8 Å². The van der Waals surface area contributed by atoms with E-state index in [1.165, 1.54) is 0 Å². The van der Waals surface area contributed by atoms with E-state index in [9.17, 15) is 4.79 Å². The van der Waals surface area contributed by atoms with Crippen LogP contribution in [0.1, 0.15) is 40.3 Å². The van der Waals surface area contributed by atoms with E-state index in [-0.39, 0.29) is 17.9 Å². The molecule has 4 rings (SSSR count). The van der Waals surface area contributed by atoms with Gasteiger partial charge in [0.05, 0.1) is 48.2 Å². The van der Waals surface area contributed by atoms with E-state index in [2.05, 4.69) is 25.3 Å². The number of nitrogens with two attached hydrogens (primary N) is 1. The first-order valence-corrected chi connectivity index (χ1v) is 9.02. The Labute approximate surface area is 162 Å². The van der Waals surface area contributed by atoms with Crippen LogP contribution in [-0.2, 0) is 12.8 Å². The van der Waals surface area contributed by atoms with Crippen LogP contribution in [0.5, 0.6) is 5.88 Å². The number of amides is 1. The Morgan fingerprint density at radius 2 is 2.04 bits per heavy atom. The lowest BCUT2D eigenvalue weighted by Gasteiger charge is -2.28. The van der Waals surface area contributed by atoms with Crippen molar-refractivity contribution in [1.82, 2.24) is 25.3 Å². The molecule has 1 aliphatic rings. The van der Waals surface area contributed by atoms with E-state index in [0.29, 0.717) is 41.4 Å². The molecular weight excluding hydrogens is 356 g/mol. The van der Waals surface area contributed by atoms with Gasteiger partial charge in [-0.2, -0.15) is 0 Å². The van der Waals surface area contributed by atoms with Crippen molar-refractivity contribution in [3.05, 3.63) is 59.2 Å². The predicted octanol–water partition coefficient (Wildman–Crippen LogP) is 2.11. The molecule has 0 saturated heterocycles. The first-order valence-electron chi connectivity index (χ1n) is 9.02. The summed E-state index contributed by atoms with van der Waals surface area (Å²) in [6, 6.07) is 7.51. The molecule has 1 atom stereocenters. The number of nitrogen functional groups attached to an aromatic ring is 1. The number of nitrogens with zero attached hydrogens (tertiary/aromatic N) is 4. The van der Waals surface area contributed by atoms with Crippen molar-refractivity contribution < 1.29 is 9.53 Å². The molecule has 3 aromatic rings. The highest BCUT2D eigenvalue weighted by molar-refractivity contribution is 5.98. The van der Waals surface area contributed by atoms with Crippen molar-refractivity contribution in [1.29, 1.82) is 0 Å². The number of aromatic nitrogens is 4. The van der Waals surface area contributed by atoms with Crippen molar-refractivity contribution >= 4 is 11.9 Å². The third-order valence-corrected chi connectivity index (χ3v) is 4.77. The van der Waals surface area contributed by atoms with E-state index in [0.717, 1.165) is 11.1 Å². The zero-order chi connectivity index (χ0) is 19.7. The van der Waals surface area contributed by atoms with Gasteiger partial charge in [-0.15, -0.1) is 0 Å². The van der Waals surface area contributed by atoms with E-state index in [4.69, 9.17) is 10.5 Å². The molecule has 0 saturated carbocycles. The van der Waals surface area contributed by atoms with Gasteiger partial charge in [-0.25, -0.2) is 15.0 Å². The van der Waals surface area contributed by atoms with Gasteiger partial charge in [0.25, 0.3) is 5.91 Å². The highest BCUT2D eigenvalue weighted by atomic mass is 16.5. The molecule has 28 heavy (non-hydrogen) atoms. The second-order valence-corrected chi connectivity index (χ2v) is 6.47. The molecule has 0 fully saturated rings. The molecule has 0 aliphatic carbocycles. The molecule has 142 valence electrons. The molecule has 0 bridgehead atoms. The Morgan fingerprint density at radius 1 is 1.21 bits per heavy atom. The summed E-state index contributed by atoms with van der Waals surface area (Å²) in [5, 5.41) is 3.08. The van der Waals surface area contributed by atoms with Crippen LogP contribution in [0.15, 0.2) is 36.7 Å². The summed E-state index contributed by atoms with van der Waals surface area (Å²) in [5.74, 6) is 0.434. The Balaban J connectivity index is 1.77. The van der Waals surface area contributed by atoms with E-state index >= 15 is 0 Å². The van der Waals surface area contributed by atoms with Crippen LogP contribution >= 0.6 is 0 Å². The highest BCUT2D eigenvalue weighted by Gasteiger charge is 2.31. The third kappa shape index (κ3) is 3.13. The Bertz CT molecular complexity index is 1050. The number of carbonyl (C=O) groups is 1. The van der Waals surface area contributed by atoms with Crippen LogP contribution in [0.4, 0.5) is 5.95 Å². The number of hydrogen-bond donors (Lipinski definition) is 2. The molecule has 0 spiro atoms. The minimum absolute atomic E-state index is 0.186. The molecule has 0 unspecified atom stereocenters. The fraction of sp³-hybridized carbons (Fsp3) is 0.250. The zero-order valence-corrected chi connectivity index (χ0v) is 15.6. The van der Waals surface area contributed by atoms with Gasteiger partial charge in [0.1, 0.15) is 0 Å². The number of rotatable bonds is 4. The number of hydrogen-bond acceptors (Lipinski definition) is 7. The number of aryl methyl sites for hydroxylation is 1. The van der Waals surface area contributed by atoms with Crippen molar-refractivity contribution in [2.24, 2.45) is 0 Å². The van der Waals surface area contributed by atoms with E-state index < -0.39 is 0 Å². The fourth-order valence-electron chi connectivity index (χ4n) is 3.52. The summed E-state index contributed by atoms with van der Waals surface area (Å²) < 4.78 is 5.19. The summed E-state index contributed by atoms with van der Waals surface area (Å²) in [5.41, 5.74) is 10.2. The first-order chi connectivity index (χ1) is 13.6. The van der Waals surface area contributed by atoms with Crippen molar-refractivity contribution in [3.8, 4) is 17.1 Å². The van der Waals surface area contributed by atoms with Gasteiger partial charge in [-0.1, -0.05) is 31.2 Å². The highest BCUT2D eigenvalue weighted by Crippen LogP contribution is 2.33. The fourth-order valence-corrected chi connectivity index (χ4v) is 3.52. The normalized spacial score (nSPS) is 15.6. The van der Waals surface area contributed by atoms with Crippen LogP contribution in [0.3, 0.4) is 0 Å². The van der Waals surface area contributed by atoms with E-state index in [1.54, 1.807) is 19.5 Å². The zero-order valence-electron chi connectivity index (χ0n) is 15.6. The Morgan fingerprint density at radius 3 is 2.82 bits per heavy atom. The monoisotopic (exact) mass is 376 g/mol. The van der Waals surface area contributed by atoms with E-state index in [1.807, 2.05) is 31.2 Å². The number of fused-ring (bicyclic) bond motifs is 1. The van der Waals surface area contributed by atoms with Gasteiger partial charge >= 0.3 is 0 Å². The quantitative estimate of drug-likeness (QED) is 0.716. The maximum atomic E-state index is 12.8. The van der Waals surface area contributed by atoms with Gasteiger partial charge in [0, 0.05) is 12.0 Å². The molecule has 1 aromatic carbocycles. The second kappa shape index (κ2) is 7.22. The van der Waals surface area contributed by atoms with Gasteiger partial charge in [-0.3, -0.25) is 9.78 Å². The van der Waals surface area contributed by atoms with Gasteiger partial charge in [-0.05, 0) is 12.0 Å². The predicted molar refractivity (Wildman–Crippen MR) is 104 cm³/mol. The number of carbonyl (C=O) groups excluding carboxylic acids is 1. The number of benzene rings is 1. The summed E-state index contributed by atoms with van der Waals surface area (Å²) in [6.07, 6.45) is 4.37. The summed E-state index contributed by atoms with van der Waals surface area (Å²) >= 11 is 0. The first kappa shape index (κ1) is 17.8. The lowest BCUT2D eigenvalue weighted by molar-refractivity contribution is 0.0922. The maximum Gasteiger partial charge on any atom is 0.255 e. The van der Waals surface area contributed by atoms with Crippen LogP contribution < -0.4 is 15.8 Å². The molecule has 2 aromatic heterocycles. The van der Waals surface area contributed by atoms with Gasteiger partial charge in [0.15, 0.2) is 0 Å². The molecule has 3 N–H and O–H groups in total. The minimum Gasteiger partial charge on any atom is -0.480 e. The topological polar surface area (TPSA) is 116 Å².